The quantitative estimate of drug-likeness (QED) is 0.557. The van der Waals surface area contributed by atoms with Crippen molar-refractivity contribution in [3.05, 3.63) is 13.8 Å². The van der Waals surface area contributed by atoms with Gasteiger partial charge >= 0.3 is 21.7 Å². The molecule has 0 aromatic rings. The summed E-state index contributed by atoms with van der Waals surface area (Å²) in [5, 5.41) is 0. The zero-order chi connectivity index (χ0) is 9.98. The second kappa shape index (κ2) is 24.1. The van der Waals surface area contributed by atoms with Gasteiger partial charge in [0.05, 0.1) is 0 Å². The number of hydrogen-bond donors (Lipinski definition) is 0. The Kier molecular flexibility index (Phi) is 47.5. The third kappa shape index (κ3) is 53.1. The number of rotatable bonds is 4. The van der Waals surface area contributed by atoms with Crippen LogP contribution in [0.1, 0.15) is 53.4 Å². The fraction of sp³-hybridized carbons (Fsp3) is 0.833. The van der Waals surface area contributed by atoms with Crippen molar-refractivity contribution in [1.82, 2.24) is 0 Å². The average molecular weight is 252 g/mol. The molecule has 2 nitrogen and oxygen atoms in total. The van der Waals surface area contributed by atoms with Crippen LogP contribution in [0.3, 0.4) is 0 Å². The zero-order valence-electron chi connectivity index (χ0n) is 10.8. The minimum absolute atomic E-state index is 0. The van der Waals surface area contributed by atoms with E-state index in [-0.39, 0.29) is 32.7 Å². The molecule has 92 valence electrons. The van der Waals surface area contributed by atoms with Crippen molar-refractivity contribution >= 4 is 0 Å². The molecule has 15 heavy (non-hydrogen) atoms. The van der Waals surface area contributed by atoms with Crippen molar-refractivity contribution < 1.29 is 32.7 Å². The molecule has 0 aliphatic carbocycles. The van der Waals surface area contributed by atoms with E-state index >= 15 is 0 Å². The third-order valence-electron chi connectivity index (χ3n) is 1.56. The second-order valence-corrected chi connectivity index (χ2v) is 4.07. The van der Waals surface area contributed by atoms with Gasteiger partial charge in [0.2, 0.25) is 0 Å². The summed E-state index contributed by atoms with van der Waals surface area (Å²) in [6.07, 6.45) is 4.69. The summed E-state index contributed by atoms with van der Waals surface area (Å²) in [6.45, 7) is 16.3. The van der Waals surface area contributed by atoms with Gasteiger partial charge in [0.15, 0.2) is 0 Å². The van der Waals surface area contributed by atoms with E-state index in [1.54, 1.807) is 0 Å². The molecular weight excluding hydrogens is 224 g/mol. The molecule has 0 bridgehead atoms. The largest absolute Gasteiger partial charge is 4.00 e. The van der Waals surface area contributed by atoms with Gasteiger partial charge in [0.1, 0.15) is 0 Å². The van der Waals surface area contributed by atoms with E-state index in [0.29, 0.717) is 0 Å². The fourth-order valence-corrected chi connectivity index (χ4v) is 0.816. The van der Waals surface area contributed by atoms with Gasteiger partial charge in [0, 0.05) is 0 Å². The van der Waals surface area contributed by atoms with Crippen LogP contribution in [0, 0.1) is 25.7 Å². The second-order valence-electron chi connectivity index (χ2n) is 4.07. The smallest absolute Gasteiger partial charge is 0.870 e. The first-order valence-corrected chi connectivity index (χ1v) is 5.13. The summed E-state index contributed by atoms with van der Waals surface area (Å²) in [7, 11) is 0. The van der Waals surface area contributed by atoms with E-state index in [0.717, 1.165) is 24.7 Å². The Bertz CT molecular complexity index is 66.0. The maximum absolute atomic E-state index is 3.73. The summed E-state index contributed by atoms with van der Waals surface area (Å²) in [6, 6.07) is 0. The van der Waals surface area contributed by atoms with Gasteiger partial charge in [0.25, 0.3) is 0 Å². The Morgan fingerprint density at radius 3 is 0.933 bits per heavy atom. The van der Waals surface area contributed by atoms with Crippen LogP contribution in [0.4, 0.5) is 0 Å². The van der Waals surface area contributed by atoms with E-state index < -0.39 is 0 Å². The van der Waals surface area contributed by atoms with Crippen LogP contribution in [0.5, 0.6) is 0 Å². The van der Waals surface area contributed by atoms with Gasteiger partial charge < -0.3 is 24.8 Å². The Morgan fingerprint density at radius 1 is 0.733 bits per heavy atom. The summed E-state index contributed by atoms with van der Waals surface area (Å²) >= 11 is 0. The first kappa shape index (κ1) is 29.6. The van der Waals surface area contributed by atoms with Gasteiger partial charge in [-0.3, -0.25) is 0 Å². The first-order chi connectivity index (χ1) is 5.54. The van der Waals surface area contributed by atoms with Gasteiger partial charge in [-0.2, -0.15) is 12.8 Å². The first-order valence-electron chi connectivity index (χ1n) is 5.13. The molecule has 0 heterocycles. The normalized spacial score (nSPS) is 8.00. The van der Waals surface area contributed by atoms with Crippen molar-refractivity contribution in [1.29, 1.82) is 0 Å². The van der Waals surface area contributed by atoms with Crippen LogP contribution in [0.25, 0.3) is 0 Å². The van der Waals surface area contributed by atoms with Crippen LogP contribution in [0.2, 0.25) is 0 Å². The standard InChI is InChI=1S/2C6H13.2H2O.Ti/c2*1-4-5-6(2)3;;;/h2*6H,1,4-5H2,2-3H3;2*1H2;/q2*-1;;;+4/p-2. The molecule has 0 rings (SSSR count). The summed E-state index contributed by atoms with van der Waals surface area (Å²) in [5.74, 6) is 1.67. The molecule has 0 aromatic heterocycles. The SMILES string of the molecule is [CH2-]CCC(C)C.[CH2-]CCC(C)C.[OH-].[OH-].[Ti+4]. The van der Waals surface area contributed by atoms with Crippen LogP contribution >= 0.6 is 0 Å². The van der Waals surface area contributed by atoms with Gasteiger partial charge in [-0.05, 0) is 11.8 Å². The van der Waals surface area contributed by atoms with Crippen molar-refractivity contribution in [2.24, 2.45) is 11.8 Å². The Balaban J connectivity index is -0.0000000370. The van der Waals surface area contributed by atoms with Crippen LogP contribution in [-0.2, 0) is 21.7 Å². The molecule has 3 heteroatoms. The van der Waals surface area contributed by atoms with Gasteiger partial charge in [-0.15, -0.1) is 0 Å². The predicted octanol–water partition coefficient (Wildman–Crippen LogP) is 4.16. The third-order valence-corrected chi connectivity index (χ3v) is 1.56. The molecule has 0 fully saturated rings. The molecule has 0 radical (unpaired) electrons. The molecule has 0 aromatic carbocycles. The van der Waals surface area contributed by atoms with Crippen molar-refractivity contribution in [2.45, 2.75) is 53.4 Å². The maximum atomic E-state index is 3.73. The molecule has 0 unspecified atom stereocenters. The van der Waals surface area contributed by atoms with Crippen LogP contribution < -0.4 is 0 Å². The maximum Gasteiger partial charge on any atom is 4.00 e. The summed E-state index contributed by atoms with van der Waals surface area (Å²) in [5.41, 5.74) is 0. The molecule has 0 saturated carbocycles. The topological polar surface area (TPSA) is 60.0 Å². The van der Waals surface area contributed by atoms with E-state index in [4.69, 9.17) is 0 Å². The molecule has 2 N–H and O–H groups in total. The minimum atomic E-state index is 0. The van der Waals surface area contributed by atoms with Crippen LogP contribution in [-0.4, -0.2) is 11.0 Å². The van der Waals surface area contributed by atoms with E-state index in [2.05, 4.69) is 41.5 Å². The van der Waals surface area contributed by atoms with E-state index in [9.17, 15) is 0 Å². The van der Waals surface area contributed by atoms with Crippen LogP contribution in [0.15, 0.2) is 0 Å². The average Bonchev–Trinajstić information content (AvgIpc) is 1.87. The van der Waals surface area contributed by atoms with Gasteiger partial charge in [-0.1, -0.05) is 40.5 Å². The zero-order valence-corrected chi connectivity index (χ0v) is 12.4. The van der Waals surface area contributed by atoms with Crippen molar-refractivity contribution in [2.75, 3.05) is 0 Å². The Hall–Kier alpha value is 0.634. The summed E-state index contributed by atoms with van der Waals surface area (Å²) < 4.78 is 0. The Morgan fingerprint density at radius 2 is 0.933 bits per heavy atom. The molecular formula is C12H28O2Ti. The van der Waals surface area contributed by atoms with E-state index in [1.807, 2.05) is 0 Å². The number of hydrogen-bond acceptors (Lipinski definition) is 2. The van der Waals surface area contributed by atoms with Crippen molar-refractivity contribution in [3.63, 3.8) is 0 Å². The monoisotopic (exact) mass is 252 g/mol. The van der Waals surface area contributed by atoms with Gasteiger partial charge in [-0.25, -0.2) is 0 Å². The molecule has 0 aliphatic heterocycles. The molecule has 0 amide bonds. The molecule has 0 saturated heterocycles. The van der Waals surface area contributed by atoms with Crippen molar-refractivity contribution in [3.8, 4) is 0 Å². The summed E-state index contributed by atoms with van der Waals surface area (Å²) in [4.78, 5) is 0. The van der Waals surface area contributed by atoms with E-state index in [1.165, 1.54) is 12.8 Å². The molecule has 0 atom stereocenters. The molecule has 0 aliphatic rings. The molecule has 0 spiro atoms. The Labute approximate surface area is 112 Å². The predicted molar refractivity (Wildman–Crippen MR) is 62.7 cm³/mol. The fourth-order valence-electron chi connectivity index (χ4n) is 0.816. The minimum Gasteiger partial charge on any atom is -0.870 e.